The minimum atomic E-state index is -0.143. The van der Waals surface area contributed by atoms with Crippen LogP contribution < -0.4 is 0 Å². The molecule has 1 N–H and O–H groups in total. The van der Waals surface area contributed by atoms with E-state index in [-0.39, 0.29) is 23.2 Å². The fourth-order valence-corrected chi connectivity index (χ4v) is 8.39. The van der Waals surface area contributed by atoms with Crippen LogP contribution in [0.3, 0.4) is 0 Å². The van der Waals surface area contributed by atoms with Crippen LogP contribution in [0.2, 0.25) is 0 Å². The number of terminal acetylenes is 1. The number of carbonyl (C=O) groups is 1. The maximum Gasteiger partial charge on any atom is 0.236 e. The molecule has 1 aromatic carbocycles. The number of aliphatic hydroxyl groups excluding tert-OH is 1. The second-order valence-electron chi connectivity index (χ2n) is 10.3. The van der Waals surface area contributed by atoms with Gasteiger partial charge in [-0.1, -0.05) is 30.0 Å². The van der Waals surface area contributed by atoms with Crippen molar-refractivity contribution in [1.82, 2.24) is 0 Å². The lowest BCUT2D eigenvalue weighted by Crippen LogP contribution is -2.67. The molecule has 8 rings (SSSR count). The predicted octanol–water partition coefficient (Wildman–Crippen LogP) is 4.08. The Morgan fingerprint density at radius 3 is 1.93 bits per heavy atom. The highest BCUT2D eigenvalue weighted by atomic mass is 16.3. The molecule has 28 heavy (non-hydrogen) atoms. The predicted molar refractivity (Wildman–Crippen MR) is 107 cm³/mol. The molecule has 1 aromatic rings. The summed E-state index contributed by atoms with van der Waals surface area (Å²) in [7, 11) is 0. The lowest BCUT2D eigenvalue weighted by molar-refractivity contribution is -0.233. The van der Waals surface area contributed by atoms with Crippen LogP contribution in [0, 0.1) is 70.5 Å². The maximum absolute atomic E-state index is 12.8. The van der Waals surface area contributed by atoms with E-state index in [0.29, 0.717) is 11.1 Å². The average Bonchev–Trinajstić information content (AvgIpc) is 2.75. The van der Waals surface area contributed by atoms with Crippen LogP contribution >= 0.6 is 0 Å². The number of Topliss-reactive ketones (excluding diaryl/α,β-unsaturated/α-hetero) is 1. The number of carbonyl (C=O) groups excluding carboxylic acids is 1. The Labute approximate surface area is 167 Å². The summed E-state index contributed by atoms with van der Waals surface area (Å²) in [6.45, 7) is -0.122. The summed E-state index contributed by atoms with van der Waals surface area (Å²) < 4.78 is 0. The first-order valence-electron chi connectivity index (χ1n) is 10.8. The first kappa shape index (κ1) is 16.9. The Morgan fingerprint density at radius 1 is 0.929 bits per heavy atom. The topological polar surface area (TPSA) is 37.3 Å². The van der Waals surface area contributed by atoms with Crippen molar-refractivity contribution in [2.75, 3.05) is 0 Å². The molecule has 0 saturated heterocycles. The van der Waals surface area contributed by atoms with Gasteiger partial charge in [0.25, 0.3) is 0 Å². The zero-order chi connectivity index (χ0) is 19.1. The molecule has 7 aliphatic carbocycles. The van der Waals surface area contributed by atoms with Crippen molar-refractivity contribution in [2.24, 2.45) is 46.3 Å². The lowest BCUT2D eigenvalue weighted by Gasteiger charge is -2.73. The van der Waals surface area contributed by atoms with Crippen molar-refractivity contribution in [3.8, 4) is 24.2 Å². The van der Waals surface area contributed by atoms with E-state index in [1.54, 1.807) is 12.1 Å². The highest BCUT2D eigenvalue weighted by Crippen LogP contribution is 2.76. The fourth-order valence-electron chi connectivity index (χ4n) is 8.39. The summed E-state index contributed by atoms with van der Waals surface area (Å²) in [4.78, 5) is 12.8. The molecule has 0 radical (unpaired) electrons. The maximum atomic E-state index is 12.8. The molecule has 0 amide bonds. The monoisotopic (exact) mass is 370 g/mol. The van der Waals surface area contributed by atoms with Crippen LogP contribution in [-0.2, 0) is 6.61 Å². The summed E-state index contributed by atoms with van der Waals surface area (Å²) in [5, 5.41) is 9.52. The fraction of sp³-hybridized carbons (Fsp3) is 0.577. The number of hydrogen-bond donors (Lipinski definition) is 1. The van der Waals surface area contributed by atoms with Crippen LogP contribution in [0.1, 0.15) is 54.4 Å². The van der Waals surface area contributed by atoms with E-state index < -0.39 is 0 Å². The van der Waals surface area contributed by atoms with Crippen molar-refractivity contribution >= 4 is 5.78 Å². The number of aliphatic hydroxyl groups is 1. The smallest absolute Gasteiger partial charge is 0.236 e. The normalized spacial score (nSPS) is 46.1. The van der Waals surface area contributed by atoms with E-state index in [1.807, 2.05) is 12.1 Å². The SMILES string of the molecule is C#CC12CC3C4CC5(C#CC(=O)c6ccccc6CO)CC3C(C1)C(C5)C4C2. The van der Waals surface area contributed by atoms with Gasteiger partial charge in [0, 0.05) is 16.4 Å². The molecular formula is C26H26O2. The third kappa shape index (κ3) is 2.08. The van der Waals surface area contributed by atoms with Crippen molar-refractivity contribution in [1.29, 1.82) is 0 Å². The van der Waals surface area contributed by atoms with E-state index in [2.05, 4.69) is 17.8 Å². The molecule has 0 unspecified atom stereocenters. The molecule has 0 heterocycles. The second kappa shape index (κ2) is 5.52. The Bertz CT molecular complexity index is 905. The average molecular weight is 370 g/mol. The highest BCUT2D eigenvalue weighted by molar-refractivity contribution is 6.10. The summed E-state index contributed by atoms with van der Waals surface area (Å²) in [5.41, 5.74) is 1.47. The minimum Gasteiger partial charge on any atom is -0.392 e. The van der Waals surface area contributed by atoms with Gasteiger partial charge in [0.2, 0.25) is 5.78 Å². The minimum absolute atomic E-state index is 0.0425. The lowest BCUT2D eigenvalue weighted by atomic mass is 9.31. The van der Waals surface area contributed by atoms with Gasteiger partial charge in [-0.15, -0.1) is 6.42 Å². The van der Waals surface area contributed by atoms with Gasteiger partial charge in [0.05, 0.1) is 6.61 Å². The van der Waals surface area contributed by atoms with Gasteiger partial charge >= 0.3 is 0 Å². The van der Waals surface area contributed by atoms with Gasteiger partial charge in [-0.3, -0.25) is 4.79 Å². The Morgan fingerprint density at radius 2 is 1.43 bits per heavy atom. The second-order valence-corrected chi connectivity index (χ2v) is 10.3. The molecule has 0 aromatic heterocycles. The number of ketones is 1. The summed E-state index contributed by atoms with van der Waals surface area (Å²) in [6.07, 6.45) is 13.2. The van der Waals surface area contributed by atoms with E-state index in [0.717, 1.165) is 35.5 Å². The molecule has 2 heteroatoms. The zero-order valence-electron chi connectivity index (χ0n) is 16.2. The van der Waals surface area contributed by atoms with Crippen molar-refractivity contribution in [2.45, 2.75) is 45.1 Å². The molecule has 7 saturated carbocycles. The third-order valence-corrected chi connectivity index (χ3v) is 9.24. The van der Waals surface area contributed by atoms with Gasteiger partial charge in [-0.05, 0) is 91.6 Å². The highest BCUT2D eigenvalue weighted by Gasteiger charge is 2.70. The first-order valence-corrected chi connectivity index (χ1v) is 10.8. The quantitative estimate of drug-likeness (QED) is 0.484. The van der Waals surface area contributed by atoms with Crippen molar-refractivity contribution in [3.63, 3.8) is 0 Å². The van der Waals surface area contributed by atoms with Crippen LogP contribution in [0.5, 0.6) is 0 Å². The molecule has 7 fully saturated rings. The summed E-state index contributed by atoms with van der Waals surface area (Å²) in [5.74, 6) is 14.4. The molecule has 142 valence electrons. The molecule has 0 aliphatic heterocycles. The van der Waals surface area contributed by atoms with E-state index in [1.165, 1.54) is 38.5 Å². The molecule has 0 spiro atoms. The standard InChI is InChI=1S/C26H26O2/c1-2-25-9-18-21-12-26(8-7-24(28)17-6-4-3-5-16(17)15-27)13-22(18)20(11-25)23(14-26)19(21)10-25/h1,3-6,18-23,27H,9-15H2. The van der Waals surface area contributed by atoms with E-state index >= 15 is 0 Å². The first-order chi connectivity index (χ1) is 13.6. The number of benzene rings is 1. The van der Waals surface area contributed by atoms with Crippen molar-refractivity contribution in [3.05, 3.63) is 35.4 Å². The Kier molecular flexibility index (Phi) is 3.33. The molecule has 7 aliphatic rings. The van der Waals surface area contributed by atoms with Crippen LogP contribution in [0.4, 0.5) is 0 Å². The van der Waals surface area contributed by atoms with Crippen LogP contribution in [0.15, 0.2) is 24.3 Å². The molecule has 8 bridgehead atoms. The van der Waals surface area contributed by atoms with Gasteiger partial charge in [0.15, 0.2) is 0 Å². The van der Waals surface area contributed by atoms with E-state index in [4.69, 9.17) is 6.42 Å². The van der Waals surface area contributed by atoms with Crippen LogP contribution in [0.25, 0.3) is 0 Å². The summed E-state index contributed by atoms with van der Waals surface area (Å²) in [6, 6.07) is 7.27. The summed E-state index contributed by atoms with van der Waals surface area (Å²) >= 11 is 0. The zero-order valence-corrected chi connectivity index (χ0v) is 16.2. The molecule has 2 nitrogen and oxygen atoms in total. The van der Waals surface area contributed by atoms with E-state index in [9.17, 15) is 9.90 Å². The van der Waals surface area contributed by atoms with Gasteiger partial charge in [-0.25, -0.2) is 0 Å². The Hall–Kier alpha value is -2.03. The largest absolute Gasteiger partial charge is 0.392 e. The Balaban J connectivity index is 1.31. The number of rotatable bonds is 2. The third-order valence-electron chi connectivity index (χ3n) is 9.24. The van der Waals surface area contributed by atoms with Gasteiger partial charge in [0.1, 0.15) is 0 Å². The van der Waals surface area contributed by atoms with Crippen molar-refractivity contribution < 1.29 is 9.90 Å². The van der Waals surface area contributed by atoms with Crippen LogP contribution in [-0.4, -0.2) is 10.9 Å². The molecule has 0 atom stereocenters. The number of hydrogen-bond acceptors (Lipinski definition) is 2. The molecular weight excluding hydrogens is 344 g/mol. The van der Waals surface area contributed by atoms with Gasteiger partial charge < -0.3 is 5.11 Å². The van der Waals surface area contributed by atoms with Gasteiger partial charge in [-0.2, -0.15) is 0 Å².